The molecule has 0 aliphatic carbocycles. The predicted octanol–water partition coefficient (Wildman–Crippen LogP) is 0.728. The number of rotatable bonds is 8. The highest BCUT2D eigenvalue weighted by Crippen LogP contribution is 2.28. The maximum absolute atomic E-state index is 13.4. The molecule has 9 nitrogen and oxygen atoms in total. The van der Waals surface area contributed by atoms with Gasteiger partial charge in [0.05, 0.1) is 13.2 Å². The van der Waals surface area contributed by atoms with Crippen molar-refractivity contribution in [2.45, 2.75) is 38.9 Å². The maximum atomic E-state index is 13.4. The molecule has 1 aromatic rings. The highest BCUT2D eigenvalue weighted by molar-refractivity contribution is 5.89. The molecule has 2 atom stereocenters. The van der Waals surface area contributed by atoms with Crippen LogP contribution < -0.4 is 10.1 Å². The van der Waals surface area contributed by atoms with Gasteiger partial charge in [0.1, 0.15) is 18.4 Å². The summed E-state index contributed by atoms with van der Waals surface area (Å²) in [5, 5.41) is 3.25. The standard InChI is InChI=1S/C24H36N4O5/c1-17(2)23(30)27(14-18-6-5-7-20(12-18)33-4)19-13-21(28(15-19)22(29)16-32-3)24(31)26-10-8-25-9-11-26/h5-7,12,17,19,21,25H,8-11,13-16H2,1-4H3. The van der Waals surface area contributed by atoms with E-state index in [1.54, 1.807) is 12.0 Å². The van der Waals surface area contributed by atoms with Crippen LogP contribution in [0.25, 0.3) is 0 Å². The molecule has 0 spiro atoms. The summed E-state index contributed by atoms with van der Waals surface area (Å²) in [4.78, 5) is 44.7. The lowest BCUT2D eigenvalue weighted by Gasteiger charge is -2.32. The fourth-order valence-corrected chi connectivity index (χ4v) is 4.54. The number of hydrogen-bond acceptors (Lipinski definition) is 6. The van der Waals surface area contributed by atoms with E-state index in [2.05, 4.69) is 5.32 Å². The quantitative estimate of drug-likeness (QED) is 0.615. The van der Waals surface area contributed by atoms with Gasteiger partial charge in [-0.2, -0.15) is 0 Å². The number of likely N-dealkylation sites (tertiary alicyclic amines) is 1. The molecule has 1 N–H and O–H groups in total. The summed E-state index contributed by atoms with van der Waals surface area (Å²) in [7, 11) is 3.08. The Morgan fingerprint density at radius 1 is 1.18 bits per heavy atom. The Balaban J connectivity index is 1.86. The summed E-state index contributed by atoms with van der Waals surface area (Å²) < 4.78 is 10.4. The Kier molecular flexibility index (Phi) is 8.68. The van der Waals surface area contributed by atoms with Crippen molar-refractivity contribution in [2.24, 2.45) is 5.92 Å². The lowest BCUT2D eigenvalue weighted by atomic mass is 10.1. The Labute approximate surface area is 196 Å². The molecule has 2 aliphatic heterocycles. The van der Waals surface area contributed by atoms with Crippen LogP contribution in [-0.4, -0.2) is 98.1 Å². The predicted molar refractivity (Wildman–Crippen MR) is 124 cm³/mol. The van der Waals surface area contributed by atoms with Crippen molar-refractivity contribution in [3.8, 4) is 5.75 Å². The van der Waals surface area contributed by atoms with Crippen LogP contribution in [0.4, 0.5) is 0 Å². The highest BCUT2D eigenvalue weighted by atomic mass is 16.5. The van der Waals surface area contributed by atoms with Gasteiger partial charge in [0.25, 0.3) is 0 Å². The van der Waals surface area contributed by atoms with Crippen molar-refractivity contribution < 1.29 is 23.9 Å². The van der Waals surface area contributed by atoms with Crippen molar-refractivity contribution in [1.29, 1.82) is 0 Å². The van der Waals surface area contributed by atoms with Gasteiger partial charge in [0, 0.05) is 52.3 Å². The molecule has 9 heteroatoms. The second kappa shape index (κ2) is 11.5. The first kappa shape index (κ1) is 25.0. The second-order valence-corrected chi connectivity index (χ2v) is 8.93. The van der Waals surface area contributed by atoms with E-state index in [1.165, 1.54) is 7.11 Å². The van der Waals surface area contributed by atoms with E-state index in [0.717, 1.165) is 24.4 Å². The van der Waals surface area contributed by atoms with E-state index < -0.39 is 6.04 Å². The van der Waals surface area contributed by atoms with Crippen molar-refractivity contribution in [3.05, 3.63) is 29.8 Å². The molecule has 0 aromatic heterocycles. The van der Waals surface area contributed by atoms with Gasteiger partial charge in [-0.15, -0.1) is 0 Å². The van der Waals surface area contributed by atoms with Crippen molar-refractivity contribution >= 4 is 17.7 Å². The number of carbonyl (C=O) groups is 3. The summed E-state index contributed by atoms with van der Waals surface area (Å²) in [6, 6.07) is 6.77. The number of piperazine rings is 1. The van der Waals surface area contributed by atoms with Crippen LogP contribution in [0.2, 0.25) is 0 Å². The summed E-state index contributed by atoms with van der Waals surface area (Å²) >= 11 is 0. The van der Waals surface area contributed by atoms with Gasteiger partial charge in [-0.05, 0) is 24.1 Å². The number of nitrogens with one attached hydrogen (secondary N) is 1. The molecular weight excluding hydrogens is 424 g/mol. The minimum absolute atomic E-state index is 0.00256. The van der Waals surface area contributed by atoms with Gasteiger partial charge in [-0.3, -0.25) is 14.4 Å². The zero-order valence-corrected chi connectivity index (χ0v) is 20.1. The molecule has 3 amide bonds. The summed E-state index contributed by atoms with van der Waals surface area (Å²) in [6.45, 7) is 7.05. The summed E-state index contributed by atoms with van der Waals surface area (Å²) in [6.07, 6.45) is 0.417. The Bertz CT molecular complexity index is 840. The Morgan fingerprint density at radius 3 is 2.55 bits per heavy atom. The lowest BCUT2D eigenvalue weighted by molar-refractivity contribution is -0.146. The summed E-state index contributed by atoms with van der Waals surface area (Å²) in [5.41, 5.74) is 0.940. The van der Waals surface area contributed by atoms with Gasteiger partial charge >= 0.3 is 0 Å². The van der Waals surface area contributed by atoms with Crippen LogP contribution >= 0.6 is 0 Å². The average molecular weight is 461 g/mol. The molecule has 182 valence electrons. The molecule has 2 aliphatic rings. The van der Waals surface area contributed by atoms with E-state index in [1.807, 2.05) is 47.9 Å². The van der Waals surface area contributed by atoms with Crippen molar-refractivity contribution in [3.63, 3.8) is 0 Å². The van der Waals surface area contributed by atoms with E-state index in [9.17, 15) is 14.4 Å². The molecule has 33 heavy (non-hydrogen) atoms. The largest absolute Gasteiger partial charge is 0.497 e. The van der Waals surface area contributed by atoms with Crippen molar-refractivity contribution in [1.82, 2.24) is 20.0 Å². The van der Waals surface area contributed by atoms with Crippen LogP contribution in [0.1, 0.15) is 25.8 Å². The van der Waals surface area contributed by atoms with Crippen LogP contribution in [0.5, 0.6) is 5.75 Å². The first-order valence-electron chi connectivity index (χ1n) is 11.6. The van der Waals surface area contributed by atoms with Gasteiger partial charge in [-0.1, -0.05) is 26.0 Å². The van der Waals surface area contributed by atoms with E-state index in [-0.39, 0.29) is 36.3 Å². The van der Waals surface area contributed by atoms with Crippen LogP contribution in [-0.2, 0) is 25.7 Å². The monoisotopic (exact) mass is 460 g/mol. The number of hydrogen-bond donors (Lipinski definition) is 1. The molecule has 1 aromatic carbocycles. The fourth-order valence-electron chi connectivity index (χ4n) is 4.54. The lowest BCUT2D eigenvalue weighted by Crippen LogP contribution is -2.53. The first-order chi connectivity index (χ1) is 15.8. The molecule has 2 saturated heterocycles. The zero-order chi connectivity index (χ0) is 24.0. The van der Waals surface area contributed by atoms with Crippen molar-refractivity contribution in [2.75, 3.05) is 53.6 Å². The van der Waals surface area contributed by atoms with E-state index >= 15 is 0 Å². The third kappa shape index (κ3) is 6.03. The fraction of sp³-hybridized carbons (Fsp3) is 0.625. The highest BCUT2D eigenvalue weighted by Gasteiger charge is 2.44. The smallest absolute Gasteiger partial charge is 0.249 e. The van der Waals surface area contributed by atoms with E-state index in [0.29, 0.717) is 32.6 Å². The number of benzene rings is 1. The maximum Gasteiger partial charge on any atom is 0.249 e. The molecule has 2 fully saturated rings. The van der Waals surface area contributed by atoms with Gasteiger partial charge in [-0.25, -0.2) is 0 Å². The SMILES string of the molecule is COCC(=O)N1CC(N(Cc2cccc(OC)c2)C(=O)C(C)C)CC1C(=O)N1CCNCC1. The topological polar surface area (TPSA) is 91.4 Å². The van der Waals surface area contributed by atoms with E-state index in [4.69, 9.17) is 9.47 Å². The first-order valence-corrected chi connectivity index (χ1v) is 11.6. The van der Waals surface area contributed by atoms with Gasteiger partial charge in [0.15, 0.2) is 0 Å². The van der Waals surface area contributed by atoms with Gasteiger partial charge in [0.2, 0.25) is 17.7 Å². The molecule has 0 radical (unpaired) electrons. The van der Waals surface area contributed by atoms with Gasteiger partial charge < -0.3 is 29.5 Å². The number of carbonyl (C=O) groups excluding carboxylic acids is 3. The molecule has 0 bridgehead atoms. The molecule has 3 rings (SSSR count). The summed E-state index contributed by atoms with van der Waals surface area (Å²) in [5.74, 6) is 0.229. The number of ether oxygens (including phenoxy) is 2. The van der Waals surface area contributed by atoms with Crippen LogP contribution in [0, 0.1) is 5.92 Å². The molecule has 2 heterocycles. The normalized spacial score (nSPS) is 20.8. The Hall–Kier alpha value is -2.65. The molecular formula is C24H36N4O5. The second-order valence-electron chi connectivity index (χ2n) is 8.93. The minimum atomic E-state index is -0.594. The third-order valence-electron chi connectivity index (χ3n) is 6.29. The average Bonchev–Trinajstić information content (AvgIpc) is 3.27. The number of methoxy groups -OCH3 is 2. The molecule has 2 unspecified atom stereocenters. The number of nitrogens with zero attached hydrogens (tertiary/aromatic N) is 3. The number of amides is 3. The zero-order valence-electron chi connectivity index (χ0n) is 20.1. The van der Waals surface area contributed by atoms with Crippen LogP contribution in [0.15, 0.2) is 24.3 Å². The third-order valence-corrected chi connectivity index (χ3v) is 6.29. The Morgan fingerprint density at radius 2 is 1.91 bits per heavy atom. The minimum Gasteiger partial charge on any atom is -0.497 e. The molecule has 0 saturated carbocycles. The van der Waals surface area contributed by atoms with Crippen LogP contribution in [0.3, 0.4) is 0 Å².